The van der Waals surface area contributed by atoms with Gasteiger partial charge < -0.3 is 5.11 Å². The molecule has 2 nitrogen and oxygen atoms in total. The van der Waals surface area contributed by atoms with Gasteiger partial charge in [-0.3, -0.25) is 4.99 Å². The van der Waals surface area contributed by atoms with Crippen LogP contribution in [0.1, 0.15) is 35.4 Å². The fraction of sp³-hybridized carbons (Fsp3) is 0.235. The Morgan fingerprint density at radius 2 is 1.95 bits per heavy atom. The van der Waals surface area contributed by atoms with Crippen LogP contribution in [-0.2, 0) is 32.7 Å². The molecule has 4 heteroatoms. The van der Waals surface area contributed by atoms with Crippen LogP contribution < -0.4 is 0 Å². The molecule has 0 saturated carbocycles. The molecule has 1 aliphatic rings. The Morgan fingerprint density at radius 1 is 1.19 bits per heavy atom. The number of phenols is 1. The Hall–Kier alpha value is -0.696. The second kappa shape index (κ2) is 7.04. The monoisotopic (exact) mass is 374 g/mol. The molecule has 105 valence electrons. The molecule has 0 amide bonds. The van der Waals surface area contributed by atoms with Crippen molar-refractivity contribution in [2.24, 2.45) is 4.99 Å². The van der Waals surface area contributed by atoms with E-state index < -0.39 is 0 Å². The average Bonchev–Trinajstić information content (AvgIpc) is 2.49. The van der Waals surface area contributed by atoms with E-state index in [4.69, 9.17) is 11.6 Å². The second-order valence-corrected chi connectivity index (χ2v) is 5.47. The molecule has 0 heterocycles. The zero-order valence-electron chi connectivity index (χ0n) is 11.9. The third kappa shape index (κ3) is 3.23. The number of hydrogen-bond donors (Lipinski definition) is 1. The van der Waals surface area contributed by atoms with Crippen molar-refractivity contribution in [1.29, 1.82) is 0 Å². The zero-order valence-corrected chi connectivity index (χ0v) is 15.5. The molecule has 2 aromatic carbocycles. The maximum atomic E-state index is 9.57. The van der Waals surface area contributed by atoms with E-state index in [2.05, 4.69) is 29.3 Å². The summed E-state index contributed by atoms with van der Waals surface area (Å²) in [4.78, 5) is 4.40. The first-order valence-corrected chi connectivity index (χ1v) is 7.12. The Morgan fingerprint density at radius 3 is 2.67 bits per heavy atom. The van der Waals surface area contributed by atoms with Crippen molar-refractivity contribution in [3.05, 3.63) is 64.2 Å². The van der Waals surface area contributed by atoms with Crippen LogP contribution in [0.3, 0.4) is 0 Å². The first-order valence-electron chi connectivity index (χ1n) is 6.74. The van der Waals surface area contributed by atoms with Crippen molar-refractivity contribution < 1.29 is 37.8 Å². The van der Waals surface area contributed by atoms with Gasteiger partial charge in [0.2, 0.25) is 0 Å². The fourth-order valence-corrected chi connectivity index (χ4v) is 3.14. The van der Waals surface area contributed by atoms with Gasteiger partial charge in [0.1, 0.15) is 5.75 Å². The van der Waals surface area contributed by atoms with Crippen LogP contribution in [-0.4, -0.2) is 17.9 Å². The summed E-state index contributed by atoms with van der Waals surface area (Å²) in [5.74, 6) is 0.449. The standard InChI is InChI=1S/C17H16ClNO.Y/c1-19-16-8-7-12(13-4-2-3-5-14(13)16)11-6-9-17(20)15(18)10-11;/h2-6,9-10,12,20H,7-8H2,1H3;. The number of aliphatic imine (C=N–C) groups is 1. The minimum atomic E-state index is 0. The van der Waals surface area contributed by atoms with Gasteiger partial charge in [-0.2, -0.15) is 0 Å². The number of rotatable bonds is 1. The molecule has 2 aromatic rings. The molecule has 1 N–H and O–H groups in total. The van der Waals surface area contributed by atoms with E-state index >= 15 is 0 Å². The fourth-order valence-electron chi connectivity index (χ4n) is 2.95. The van der Waals surface area contributed by atoms with Crippen LogP contribution in [0, 0.1) is 0 Å². The van der Waals surface area contributed by atoms with Crippen molar-refractivity contribution in [2.75, 3.05) is 7.05 Å². The number of aromatic hydroxyl groups is 1. The molecular weight excluding hydrogens is 359 g/mol. The Labute approximate surface area is 155 Å². The molecule has 0 spiro atoms. The molecule has 3 rings (SSSR count). The summed E-state index contributed by atoms with van der Waals surface area (Å²) in [5.41, 5.74) is 4.84. The van der Waals surface area contributed by atoms with Crippen LogP contribution in [0.25, 0.3) is 0 Å². The summed E-state index contributed by atoms with van der Waals surface area (Å²) in [5, 5.41) is 9.98. The van der Waals surface area contributed by atoms with Gasteiger partial charge in [-0.15, -0.1) is 0 Å². The Kier molecular flexibility index (Phi) is 5.59. The summed E-state index contributed by atoms with van der Waals surface area (Å²) in [6.07, 6.45) is 1.99. The molecule has 1 unspecified atom stereocenters. The van der Waals surface area contributed by atoms with Gasteiger partial charge in [0.15, 0.2) is 0 Å². The number of hydrogen-bond acceptors (Lipinski definition) is 2. The topological polar surface area (TPSA) is 32.6 Å². The predicted octanol–water partition coefficient (Wildman–Crippen LogP) is 4.39. The van der Waals surface area contributed by atoms with Crippen LogP contribution in [0.15, 0.2) is 47.5 Å². The van der Waals surface area contributed by atoms with E-state index in [0.29, 0.717) is 10.9 Å². The molecule has 1 aliphatic carbocycles. The summed E-state index contributed by atoms with van der Waals surface area (Å²) in [7, 11) is 1.85. The first-order chi connectivity index (χ1) is 9.70. The maximum absolute atomic E-state index is 9.57. The van der Waals surface area contributed by atoms with E-state index in [1.807, 2.05) is 19.2 Å². The predicted molar refractivity (Wildman–Crippen MR) is 83.1 cm³/mol. The molecule has 21 heavy (non-hydrogen) atoms. The molecule has 0 aromatic heterocycles. The number of phenolic OH excluding ortho intramolecular Hbond substituents is 1. The second-order valence-electron chi connectivity index (χ2n) is 5.06. The number of fused-ring (bicyclic) bond motifs is 1. The van der Waals surface area contributed by atoms with E-state index in [-0.39, 0.29) is 38.5 Å². The number of nitrogens with zero attached hydrogens (tertiary/aromatic N) is 1. The van der Waals surface area contributed by atoms with E-state index in [1.165, 1.54) is 16.8 Å². The average molecular weight is 375 g/mol. The smallest absolute Gasteiger partial charge is 0.134 e. The third-order valence-electron chi connectivity index (χ3n) is 3.96. The van der Waals surface area contributed by atoms with Gasteiger partial charge in [0.25, 0.3) is 0 Å². The molecule has 0 bridgehead atoms. The van der Waals surface area contributed by atoms with Gasteiger partial charge in [0.05, 0.1) is 5.02 Å². The van der Waals surface area contributed by atoms with E-state index in [0.717, 1.165) is 18.4 Å². The van der Waals surface area contributed by atoms with Crippen molar-refractivity contribution in [1.82, 2.24) is 0 Å². The summed E-state index contributed by atoms with van der Waals surface area (Å²) >= 11 is 6.04. The van der Waals surface area contributed by atoms with Crippen molar-refractivity contribution in [3.63, 3.8) is 0 Å². The largest absolute Gasteiger partial charge is 0.506 e. The van der Waals surface area contributed by atoms with Crippen LogP contribution in [0.2, 0.25) is 5.02 Å². The maximum Gasteiger partial charge on any atom is 0.134 e. The SMILES string of the molecule is CN=C1CCC(c2ccc(O)c(Cl)c2)c2ccccc21.[Y]. The van der Waals surface area contributed by atoms with Crippen LogP contribution in [0.4, 0.5) is 0 Å². The summed E-state index contributed by atoms with van der Waals surface area (Å²) in [6, 6.07) is 13.9. The summed E-state index contributed by atoms with van der Waals surface area (Å²) < 4.78 is 0. The van der Waals surface area contributed by atoms with Crippen molar-refractivity contribution in [3.8, 4) is 5.75 Å². The number of halogens is 1. The van der Waals surface area contributed by atoms with Gasteiger partial charge in [-0.25, -0.2) is 0 Å². The molecule has 0 saturated heterocycles. The molecule has 1 radical (unpaired) electrons. The molecular formula is C17H16ClNOY. The van der Waals surface area contributed by atoms with Gasteiger partial charge in [-0.05, 0) is 41.7 Å². The Bertz CT molecular complexity index is 684. The van der Waals surface area contributed by atoms with Crippen LogP contribution >= 0.6 is 11.6 Å². The molecule has 0 aliphatic heterocycles. The minimum Gasteiger partial charge on any atom is -0.506 e. The van der Waals surface area contributed by atoms with E-state index in [9.17, 15) is 5.11 Å². The molecule has 0 fully saturated rings. The number of benzene rings is 2. The quantitative estimate of drug-likeness (QED) is 0.789. The summed E-state index contributed by atoms with van der Waals surface area (Å²) in [6.45, 7) is 0. The Balaban J connectivity index is 0.00000161. The minimum absolute atomic E-state index is 0. The van der Waals surface area contributed by atoms with E-state index in [1.54, 1.807) is 6.07 Å². The normalized spacial score (nSPS) is 19.0. The molecule has 1 atom stereocenters. The van der Waals surface area contributed by atoms with Crippen LogP contribution in [0.5, 0.6) is 5.75 Å². The third-order valence-corrected chi connectivity index (χ3v) is 4.26. The van der Waals surface area contributed by atoms with Crippen molar-refractivity contribution >= 4 is 17.3 Å². The van der Waals surface area contributed by atoms with Crippen molar-refractivity contribution in [2.45, 2.75) is 18.8 Å². The van der Waals surface area contributed by atoms with Gasteiger partial charge in [0, 0.05) is 51.4 Å². The van der Waals surface area contributed by atoms with Gasteiger partial charge in [-0.1, -0.05) is 41.9 Å². The first kappa shape index (κ1) is 16.7. The van der Waals surface area contributed by atoms with Gasteiger partial charge >= 0.3 is 0 Å². The zero-order chi connectivity index (χ0) is 14.1.